The summed E-state index contributed by atoms with van der Waals surface area (Å²) in [5, 5.41) is 2.84. The highest BCUT2D eigenvalue weighted by atomic mass is 127. The summed E-state index contributed by atoms with van der Waals surface area (Å²) in [6, 6.07) is 12.7. The van der Waals surface area contributed by atoms with Gasteiger partial charge in [0.1, 0.15) is 4.99 Å². The quantitative estimate of drug-likeness (QED) is 0.538. The largest absolute Gasteiger partial charge is 0.389 e. The molecule has 0 aliphatic heterocycles. The normalized spacial score (nSPS) is 10.1. The summed E-state index contributed by atoms with van der Waals surface area (Å²) in [7, 11) is 0. The van der Waals surface area contributed by atoms with Crippen molar-refractivity contribution in [2.24, 2.45) is 5.73 Å². The third-order valence-electron chi connectivity index (χ3n) is 2.60. The van der Waals surface area contributed by atoms with Gasteiger partial charge in [0.05, 0.1) is 5.56 Å². The number of hydrogen-bond acceptors (Lipinski definition) is 2. The predicted molar refractivity (Wildman–Crippen MR) is 97.1 cm³/mol. The summed E-state index contributed by atoms with van der Waals surface area (Å²) < 4.78 is 1.76. The molecule has 0 spiro atoms. The van der Waals surface area contributed by atoms with E-state index in [0.29, 0.717) is 16.2 Å². The number of amides is 1. The van der Waals surface area contributed by atoms with Crippen molar-refractivity contribution in [2.45, 2.75) is 0 Å². The van der Waals surface area contributed by atoms with Crippen LogP contribution in [0.1, 0.15) is 15.9 Å². The van der Waals surface area contributed by atoms with E-state index in [1.54, 1.807) is 24.3 Å². The van der Waals surface area contributed by atoms with Crippen LogP contribution in [0, 0.1) is 3.57 Å². The molecule has 0 heterocycles. The first-order valence-corrected chi connectivity index (χ1v) is 7.91. The van der Waals surface area contributed by atoms with E-state index in [2.05, 4.69) is 43.8 Å². The topological polar surface area (TPSA) is 55.1 Å². The van der Waals surface area contributed by atoms with E-state index in [0.717, 1.165) is 13.6 Å². The molecular formula is C14H10BrIN2OS. The van der Waals surface area contributed by atoms with Crippen LogP contribution in [-0.4, -0.2) is 10.9 Å². The average Bonchev–Trinajstić information content (AvgIpc) is 2.42. The Morgan fingerprint density at radius 3 is 2.45 bits per heavy atom. The van der Waals surface area contributed by atoms with Gasteiger partial charge in [-0.2, -0.15) is 0 Å². The zero-order chi connectivity index (χ0) is 14.7. The molecule has 1 amide bonds. The molecule has 0 saturated carbocycles. The maximum absolute atomic E-state index is 12.2. The van der Waals surface area contributed by atoms with E-state index in [9.17, 15) is 4.79 Å². The van der Waals surface area contributed by atoms with Crippen molar-refractivity contribution in [1.82, 2.24) is 0 Å². The number of carbonyl (C=O) groups is 1. The lowest BCUT2D eigenvalue weighted by atomic mass is 10.2. The molecule has 3 N–H and O–H groups in total. The van der Waals surface area contributed by atoms with Gasteiger partial charge < -0.3 is 11.1 Å². The fourth-order valence-electron chi connectivity index (χ4n) is 1.59. The smallest absolute Gasteiger partial charge is 0.256 e. The van der Waals surface area contributed by atoms with Crippen molar-refractivity contribution < 1.29 is 4.79 Å². The SMILES string of the molecule is NC(=S)c1ccc(NC(=O)c2cc(I)ccc2Br)cc1. The standard InChI is InChI=1S/C14H10BrIN2OS/c15-12-6-3-9(16)7-11(12)14(19)18-10-4-1-8(2-5-10)13(17)20/h1-7H,(H2,17,20)(H,18,19). The molecule has 0 saturated heterocycles. The Hall–Kier alpha value is -0.990. The molecule has 0 atom stereocenters. The molecule has 2 rings (SSSR count). The molecule has 0 unspecified atom stereocenters. The molecule has 0 bridgehead atoms. The van der Waals surface area contributed by atoms with E-state index in [1.165, 1.54) is 0 Å². The highest BCUT2D eigenvalue weighted by molar-refractivity contribution is 14.1. The first-order chi connectivity index (χ1) is 9.47. The number of carbonyl (C=O) groups excluding carboxylic acids is 1. The van der Waals surface area contributed by atoms with Gasteiger partial charge in [-0.15, -0.1) is 0 Å². The number of nitrogens with one attached hydrogen (secondary N) is 1. The molecule has 0 aliphatic rings. The lowest BCUT2D eigenvalue weighted by molar-refractivity contribution is 0.102. The molecule has 0 aromatic heterocycles. The maximum atomic E-state index is 12.2. The molecule has 20 heavy (non-hydrogen) atoms. The molecule has 0 aliphatic carbocycles. The Kier molecular flexibility index (Phi) is 5.11. The van der Waals surface area contributed by atoms with E-state index in [4.69, 9.17) is 18.0 Å². The Bertz CT molecular complexity index is 673. The second kappa shape index (κ2) is 6.64. The summed E-state index contributed by atoms with van der Waals surface area (Å²) in [6.07, 6.45) is 0. The van der Waals surface area contributed by atoms with Gasteiger partial charge in [0.25, 0.3) is 5.91 Å². The van der Waals surface area contributed by atoms with Crippen LogP contribution in [-0.2, 0) is 0 Å². The molecule has 102 valence electrons. The minimum atomic E-state index is -0.168. The summed E-state index contributed by atoms with van der Waals surface area (Å²) >= 11 is 10.4. The van der Waals surface area contributed by atoms with Crippen molar-refractivity contribution >= 4 is 67.3 Å². The lowest BCUT2D eigenvalue weighted by Gasteiger charge is -2.08. The lowest BCUT2D eigenvalue weighted by Crippen LogP contribution is -2.13. The van der Waals surface area contributed by atoms with Crippen molar-refractivity contribution in [3.8, 4) is 0 Å². The van der Waals surface area contributed by atoms with E-state index < -0.39 is 0 Å². The zero-order valence-electron chi connectivity index (χ0n) is 10.2. The number of halogens is 2. The van der Waals surface area contributed by atoms with Gasteiger partial charge >= 0.3 is 0 Å². The summed E-state index contributed by atoms with van der Waals surface area (Å²) in [5.41, 5.74) is 7.59. The number of benzene rings is 2. The van der Waals surface area contributed by atoms with E-state index in [-0.39, 0.29) is 5.91 Å². The van der Waals surface area contributed by atoms with Crippen LogP contribution in [0.3, 0.4) is 0 Å². The summed E-state index contributed by atoms with van der Waals surface area (Å²) in [6.45, 7) is 0. The van der Waals surface area contributed by atoms with Crippen molar-refractivity contribution in [1.29, 1.82) is 0 Å². The number of rotatable bonds is 3. The number of hydrogen-bond donors (Lipinski definition) is 2. The molecular weight excluding hydrogens is 451 g/mol. The van der Waals surface area contributed by atoms with Crippen molar-refractivity contribution in [3.05, 3.63) is 61.6 Å². The van der Waals surface area contributed by atoms with Gasteiger partial charge in [-0.25, -0.2) is 0 Å². The fraction of sp³-hybridized carbons (Fsp3) is 0. The highest BCUT2D eigenvalue weighted by Gasteiger charge is 2.10. The van der Waals surface area contributed by atoms with Crippen LogP contribution in [0.4, 0.5) is 5.69 Å². The molecule has 3 nitrogen and oxygen atoms in total. The third-order valence-corrected chi connectivity index (χ3v) is 4.20. The molecule has 0 fully saturated rings. The zero-order valence-corrected chi connectivity index (χ0v) is 14.8. The Balaban J connectivity index is 2.19. The van der Waals surface area contributed by atoms with Crippen LogP contribution in [0.2, 0.25) is 0 Å². The van der Waals surface area contributed by atoms with Gasteiger partial charge in [-0.05, 0) is 81.0 Å². The molecule has 0 radical (unpaired) electrons. The minimum absolute atomic E-state index is 0.168. The third kappa shape index (κ3) is 3.77. The number of nitrogens with two attached hydrogens (primary N) is 1. The van der Waals surface area contributed by atoms with Crippen LogP contribution in [0.5, 0.6) is 0 Å². The second-order valence-electron chi connectivity index (χ2n) is 4.02. The average molecular weight is 461 g/mol. The van der Waals surface area contributed by atoms with Crippen LogP contribution < -0.4 is 11.1 Å². The van der Waals surface area contributed by atoms with Crippen molar-refractivity contribution in [2.75, 3.05) is 5.32 Å². The molecule has 2 aromatic carbocycles. The van der Waals surface area contributed by atoms with Gasteiger partial charge in [0.15, 0.2) is 0 Å². The summed E-state index contributed by atoms with van der Waals surface area (Å²) in [5.74, 6) is -0.168. The number of anilines is 1. The van der Waals surface area contributed by atoms with Gasteiger partial charge in [0.2, 0.25) is 0 Å². The molecule has 6 heteroatoms. The Morgan fingerprint density at radius 2 is 1.85 bits per heavy atom. The second-order valence-corrected chi connectivity index (χ2v) is 6.56. The molecule has 2 aromatic rings. The monoisotopic (exact) mass is 460 g/mol. The van der Waals surface area contributed by atoms with Gasteiger partial charge in [-0.3, -0.25) is 4.79 Å². The van der Waals surface area contributed by atoms with Gasteiger partial charge in [0, 0.05) is 19.3 Å². The Labute approximate surface area is 144 Å². The first kappa shape index (κ1) is 15.4. The minimum Gasteiger partial charge on any atom is -0.389 e. The maximum Gasteiger partial charge on any atom is 0.256 e. The summed E-state index contributed by atoms with van der Waals surface area (Å²) in [4.78, 5) is 12.5. The van der Waals surface area contributed by atoms with E-state index in [1.807, 2.05) is 18.2 Å². The van der Waals surface area contributed by atoms with Crippen LogP contribution in [0.15, 0.2) is 46.9 Å². The first-order valence-electron chi connectivity index (χ1n) is 5.63. The van der Waals surface area contributed by atoms with Gasteiger partial charge in [-0.1, -0.05) is 12.2 Å². The number of thiocarbonyl (C=S) groups is 1. The van der Waals surface area contributed by atoms with E-state index >= 15 is 0 Å². The van der Waals surface area contributed by atoms with Crippen molar-refractivity contribution in [3.63, 3.8) is 0 Å². The predicted octanol–water partition coefficient (Wildman–Crippen LogP) is 3.94. The fourth-order valence-corrected chi connectivity index (χ4v) is 2.64. The highest BCUT2D eigenvalue weighted by Crippen LogP contribution is 2.21. The van der Waals surface area contributed by atoms with Crippen LogP contribution >= 0.6 is 50.7 Å². The Morgan fingerprint density at radius 1 is 1.20 bits per heavy atom. The van der Waals surface area contributed by atoms with Crippen LogP contribution in [0.25, 0.3) is 0 Å².